The number of benzene rings is 2. The van der Waals surface area contributed by atoms with E-state index in [-0.39, 0.29) is 0 Å². The number of halogens is 2. The molecule has 0 saturated carbocycles. The lowest BCUT2D eigenvalue weighted by Gasteiger charge is -2.25. The number of Topliss-reactive ketones (excluding diaryl/α,β-unsaturated/α-hetero) is 1. The van der Waals surface area contributed by atoms with Crippen molar-refractivity contribution in [3.8, 4) is 16.6 Å². The molecule has 0 aliphatic carbocycles. The van der Waals surface area contributed by atoms with Gasteiger partial charge in [0.05, 0.1) is 37.9 Å². The largest absolute Gasteiger partial charge is 0.390 e. The fourth-order valence-electron chi connectivity index (χ4n) is 5.20. The van der Waals surface area contributed by atoms with Gasteiger partial charge in [-0.1, -0.05) is 45.7 Å². The van der Waals surface area contributed by atoms with Crippen LogP contribution >= 0.6 is 65.9 Å². The summed E-state index contributed by atoms with van der Waals surface area (Å²) in [6, 6.07) is 14.3. The highest BCUT2D eigenvalue weighted by atomic mass is 79.9. The van der Waals surface area contributed by atoms with Crippen LogP contribution in [-0.4, -0.2) is 58.3 Å². The van der Waals surface area contributed by atoms with Gasteiger partial charge in [-0.3, -0.25) is 9.69 Å². The van der Waals surface area contributed by atoms with Gasteiger partial charge in [-0.2, -0.15) is 5.26 Å². The number of fused-ring (bicyclic) bond motifs is 3. The zero-order chi connectivity index (χ0) is 31.2. The van der Waals surface area contributed by atoms with E-state index in [2.05, 4.69) is 84.8 Å². The molecule has 7 rings (SSSR count). The van der Waals surface area contributed by atoms with Crippen molar-refractivity contribution in [1.82, 2.24) is 19.8 Å². The number of aromatic nitrogens is 2. The third-order valence-corrected chi connectivity index (χ3v) is 11.8. The number of likely N-dealkylation sites (N-methyl/N-ethyl adjacent to an activating group) is 1. The number of nitriles is 1. The molecule has 0 spiro atoms. The van der Waals surface area contributed by atoms with E-state index in [1.165, 1.54) is 20.7 Å². The van der Waals surface area contributed by atoms with E-state index < -0.39 is 0 Å². The first-order valence-corrected chi connectivity index (χ1v) is 18.7. The van der Waals surface area contributed by atoms with Crippen LogP contribution in [0, 0.1) is 11.3 Å². The van der Waals surface area contributed by atoms with Gasteiger partial charge in [-0.25, -0.2) is 9.97 Å². The zero-order valence-corrected chi connectivity index (χ0v) is 30.4. The molecular formula is C32H34Br2N6OS3. The number of carbonyl (C=O) groups excluding carboxylic acids is 1. The SMILES string of the molecule is CCN1CCC(=O)CC1.CCN1CCc2c(sc(N)c2-c2nc3cc(Br)ccc3s2)C1.N#CCc1nc2cc(Br)ccc2s1. The lowest BCUT2D eigenvalue weighted by atomic mass is 10.0. The first kappa shape index (κ1) is 33.1. The molecule has 1 saturated heterocycles. The third-order valence-electron chi connectivity index (χ3n) is 7.66. The summed E-state index contributed by atoms with van der Waals surface area (Å²) in [7, 11) is 0. The summed E-state index contributed by atoms with van der Waals surface area (Å²) in [5.74, 6) is 0.430. The molecule has 2 aliphatic rings. The molecule has 2 aliphatic heterocycles. The predicted octanol–water partition coefficient (Wildman–Crippen LogP) is 8.54. The van der Waals surface area contributed by atoms with Crippen molar-refractivity contribution in [1.29, 1.82) is 5.26 Å². The molecule has 5 aromatic rings. The van der Waals surface area contributed by atoms with Gasteiger partial charge in [-0.15, -0.1) is 34.0 Å². The standard InChI is InChI=1S/C16H16BrN3S2.C9H5BrN2S.C7H13NO/c1-2-20-6-5-10-13(8-20)21-15(18)14(10)16-19-11-7-9(17)3-4-12(11)22-16;10-6-1-2-8-7(5-6)12-9(13-8)3-4-11;1-2-8-5-3-7(9)4-6-8/h3-4,7H,2,5-6,8,18H2,1H3;1-2,5H,3H2;2-6H2,1H3. The highest BCUT2D eigenvalue weighted by Gasteiger charge is 2.25. The van der Waals surface area contributed by atoms with Gasteiger partial charge in [0.25, 0.3) is 0 Å². The van der Waals surface area contributed by atoms with Crippen LogP contribution in [-0.2, 0) is 24.2 Å². The van der Waals surface area contributed by atoms with Gasteiger partial charge in [0, 0.05) is 58.4 Å². The molecule has 12 heteroatoms. The number of thiophene rings is 1. The number of hydrogen-bond donors (Lipinski definition) is 1. The van der Waals surface area contributed by atoms with Crippen molar-refractivity contribution in [2.75, 3.05) is 38.5 Å². The summed E-state index contributed by atoms with van der Waals surface area (Å²) < 4.78 is 4.43. The van der Waals surface area contributed by atoms with Crippen molar-refractivity contribution in [2.24, 2.45) is 0 Å². The number of hydrogen-bond acceptors (Lipinski definition) is 10. The third kappa shape index (κ3) is 8.12. The van der Waals surface area contributed by atoms with Crippen LogP contribution in [0.5, 0.6) is 0 Å². The molecule has 2 N–H and O–H groups in total. The second-order valence-corrected chi connectivity index (χ2v) is 15.6. The molecule has 7 nitrogen and oxygen atoms in total. The summed E-state index contributed by atoms with van der Waals surface area (Å²) in [5, 5.41) is 11.4. The number of ketones is 1. The summed E-state index contributed by atoms with van der Waals surface area (Å²) in [5.41, 5.74) is 11.0. The zero-order valence-electron chi connectivity index (χ0n) is 24.7. The Morgan fingerprint density at radius 3 is 2.14 bits per heavy atom. The van der Waals surface area contributed by atoms with Crippen LogP contribution in [0.2, 0.25) is 0 Å². The van der Waals surface area contributed by atoms with Gasteiger partial charge in [-0.05, 0) is 61.5 Å². The molecular weight excluding hydrogens is 740 g/mol. The minimum atomic E-state index is 0.400. The minimum absolute atomic E-state index is 0.400. The molecule has 1 fully saturated rings. The molecule has 0 unspecified atom stereocenters. The number of nitrogens with two attached hydrogens (primary N) is 1. The molecule has 44 heavy (non-hydrogen) atoms. The second-order valence-electron chi connectivity index (χ2n) is 10.5. The number of piperidine rings is 1. The Balaban J connectivity index is 0.000000148. The molecule has 0 bridgehead atoms. The Hall–Kier alpha value is -2.24. The topological polar surface area (TPSA) is 99.1 Å². The highest BCUT2D eigenvalue weighted by Crippen LogP contribution is 2.44. The van der Waals surface area contributed by atoms with Gasteiger partial charge in [0.15, 0.2) is 0 Å². The highest BCUT2D eigenvalue weighted by molar-refractivity contribution is 9.10. The van der Waals surface area contributed by atoms with E-state index >= 15 is 0 Å². The van der Waals surface area contributed by atoms with E-state index in [4.69, 9.17) is 16.0 Å². The average molecular weight is 775 g/mol. The predicted molar refractivity (Wildman–Crippen MR) is 193 cm³/mol. The number of anilines is 1. The van der Waals surface area contributed by atoms with Crippen LogP contribution in [0.3, 0.4) is 0 Å². The summed E-state index contributed by atoms with van der Waals surface area (Å²) in [4.78, 5) is 26.0. The van der Waals surface area contributed by atoms with Crippen LogP contribution in [0.1, 0.15) is 42.1 Å². The molecule has 2 aromatic carbocycles. The summed E-state index contributed by atoms with van der Waals surface area (Å²) in [6.45, 7) is 10.6. The maximum Gasteiger partial charge on any atom is 0.135 e. The maximum absolute atomic E-state index is 10.7. The average Bonchev–Trinajstić information content (AvgIpc) is 3.71. The van der Waals surface area contributed by atoms with E-state index in [9.17, 15) is 4.79 Å². The molecule has 230 valence electrons. The Kier molecular flexibility index (Phi) is 11.6. The van der Waals surface area contributed by atoms with E-state index in [1.807, 2.05) is 18.2 Å². The second kappa shape index (κ2) is 15.4. The number of likely N-dealkylation sites (tertiary alicyclic amines) is 1. The molecule has 0 radical (unpaired) electrons. The minimum Gasteiger partial charge on any atom is -0.390 e. The maximum atomic E-state index is 10.7. The number of rotatable bonds is 4. The number of thiazole rings is 2. The van der Waals surface area contributed by atoms with E-state index in [0.717, 1.165) is 98.2 Å². The number of nitrogens with zero attached hydrogens (tertiary/aromatic N) is 5. The lowest BCUT2D eigenvalue weighted by molar-refractivity contribution is -0.121. The van der Waals surface area contributed by atoms with Crippen molar-refractivity contribution in [3.05, 3.63) is 60.8 Å². The van der Waals surface area contributed by atoms with Crippen LogP contribution in [0.15, 0.2) is 45.3 Å². The quantitative estimate of drug-likeness (QED) is 0.196. The van der Waals surface area contributed by atoms with Crippen molar-refractivity contribution in [2.45, 2.75) is 46.1 Å². The fourth-order valence-corrected chi connectivity index (χ4v) is 9.04. The van der Waals surface area contributed by atoms with Crippen LogP contribution < -0.4 is 5.73 Å². The monoisotopic (exact) mass is 772 g/mol. The number of carbonyl (C=O) groups is 1. The molecule has 0 atom stereocenters. The van der Waals surface area contributed by atoms with Crippen molar-refractivity contribution < 1.29 is 4.79 Å². The molecule has 3 aromatic heterocycles. The Bertz CT molecular complexity index is 1800. The van der Waals surface area contributed by atoms with Crippen LogP contribution in [0.4, 0.5) is 5.00 Å². The smallest absolute Gasteiger partial charge is 0.135 e. The first-order chi connectivity index (χ1) is 21.3. The normalized spacial score (nSPS) is 15.3. The lowest BCUT2D eigenvalue weighted by Crippen LogP contribution is -2.33. The van der Waals surface area contributed by atoms with Crippen molar-refractivity contribution >= 4 is 97.1 Å². The van der Waals surface area contributed by atoms with Gasteiger partial charge in [0.2, 0.25) is 0 Å². The summed E-state index contributed by atoms with van der Waals surface area (Å²) in [6.07, 6.45) is 3.02. The first-order valence-electron chi connectivity index (χ1n) is 14.6. The molecule has 0 amide bonds. The number of nitrogen functional groups attached to an aromatic ring is 1. The Morgan fingerprint density at radius 1 is 0.886 bits per heavy atom. The Labute approximate surface area is 287 Å². The Morgan fingerprint density at radius 2 is 1.50 bits per heavy atom. The van der Waals surface area contributed by atoms with Gasteiger partial charge < -0.3 is 10.6 Å². The summed E-state index contributed by atoms with van der Waals surface area (Å²) >= 11 is 11.9. The van der Waals surface area contributed by atoms with Gasteiger partial charge >= 0.3 is 0 Å². The van der Waals surface area contributed by atoms with Crippen LogP contribution in [0.25, 0.3) is 31.0 Å². The van der Waals surface area contributed by atoms with Crippen molar-refractivity contribution in [3.63, 3.8) is 0 Å². The fraction of sp³-hybridized carbons (Fsp3) is 0.375. The molecule has 5 heterocycles. The van der Waals surface area contributed by atoms with Gasteiger partial charge in [0.1, 0.15) is 15.8 Å². The van der Waals surface area contributed by atoms with E-state index in [0.29, 0.717) is 12.2 Å². The van der Waals surface area contributed by atoms with E-state index in [1.54, 1.807) is 34.0 Å².